The fourth-order valence-electron chi connectivity index (χ4n) is 1.80. The molecule has 0 radical (unpaired) electrons. The van der Waals surface area contributed by atoms with Gasteiger partial charge in [0, 0.05) is 0 Å². The van der Waals surface area contributed by atoms with Gasteiger partial charge in [-0.15, -0.1) is 0 Å². The summed E-state index contributed by atoms with van der Waals surface area (Å²) in [5, 5.41) is 13.6. The molecule has 0 saturated heterocycles. The van der Waals surface area contributed by atoms with Gasteiger partial charge in [-0.3, -0.25) is 4.79 Å². The van der Waals surface area contributed by atoms with E-state index in [0.717, 1.165) is 11.1 Å². The summed E-state index contributed by atoms with van der Waals surface area (Å²) >= 11 is 0. The summed E-state index contributed by atoms with van der Waals surface area (Å²) in [7, 11) is 0. The van der Waals surface area contributed by atoms with Crippen molar-refractivity contribution >= 4 is 11.6 Å². The number of rotatable bonds is 3. The van der Waals surface area contributed by atoms with Crippen LogP contribution in [0, 0.1) is 6.92 Å². The minimum absolute atomic E-state index is 0.0617. The second kappa shape index (κ2) is 6.02. The molecule has 0 aliphatic heterocycles. The van der Waals surface area contributed by atoms with Crippen LogP contribution in [0.15, 0.2) is 53.6 Å². The van der Waals surface area contributed by atoms with E-state index in [4.69, 9.17) is 0 Å². The van der Waals surface area contributed by atoms with Crippen LogP contribution in [-0.4, -0.2) is 16.7 Å². The van der Waals surface area contributed by atoms with Crippen molar-refractivity contribution in [2.24, 2.45) is 5.10 Å². The lowest BCUT2D eigenvalue weighted by Gasteiger charge is -2.05. The molecule has 4 heteroatoms. The van der Waals surface area contributed by atoms with Gasteiger partial charge in [-0.25, -0.2) is 5.43 Å². The molecule has 1 amide bonds. The number of hydrogen-bond acceptors (Lipinski definition) is 3. The largest absolute Gasteiger partial charge is 0.507 e. The van der Waals surface area contributed by atoms with Crippen molar-refractivity contribution in [3.63, 3.8) is 0 Å². The number of aromatic hydroxyl groups is 1. The first-order chi connectivity index (χ1) is 9.58. The number of nitrogens with zero attached hydrogens (tertiary/aromatic N) is 1. The zero-order chi connectivity index (χ0) is 14.5. The average Bonchev–Trinajstić information content (AvgIpc) is 2.45. The van der Waals surface area contributed by atoms with Crippen molar-refractivity contribution in [2.75, 3.05) is 0 Å². The Hall–Kier alpha value is -2.62. The topological polar surface area (TPSA) is 61.7 Å². The molecular weight excluding hydrogens is 252 g/mol. The van der Waals surface area contributed by atoms with Crippen LogP contribution in [0.1, 0.15) is 28.4 Å². The fraction of sp³-hybridized carbons (Fsp3) is 0.125. The maximum absolute atomic E-state index is 11.9. The van der Waals surface area contributed by atoms with E-state index in [1.54, 1.807) is 18.2 Å². The number of benzene rings is 2. The molecule has 0 fully saturated rings. The maximum atomic E-state index is 11.9. The van der Waals surface area contributed by atoms with Gasteiger partial charge in [-0.05, 0) is 31.5 Å². The summed E-state index contributed by atoms with van der Waals surface area (Å²) in [4.78, 5) is 11.9. The number of phenolic OH excluding ortho intramolecular Hbond substituents is 1. The predicted octanol–water partition coefficient (Wildman–Crippen LogP) is 2.85. The molecule has 0 unspecified atom stereocenters. The molecule has 2 aromatic carbocycles. The number of para-hydroxylation sites is 1. The molecule has 0 aromatic heterocycles. The van der Waals surface area contributed by atoms with Crippen LogP contribution in [0.5, 0.6) is 5.75 Å². The van der Waals surface area contributed by atoms with Crippen molar-refractivity contribution in [2.45, 2.75) is 13.8 Å². The third kappa shape index (κ3) is 3.23. The van der Waals surface area contributed by atoms with Crippen molar-refractivity contribution in [3.05, 3.63) is 65.2 Å². The highest BCUT2D eigenvalue weighted by molar-refractivity contribution is 6.01. The standard InChI is InChI=1S/C16H16N2O2/c1-11-6-5-7-13(10-11)12(2)17-18-16(20)14-8-3-4-9-15(14)19/h3-10,19H,1-2H3,(H,18,20). The molecule has 2 N–H and O–H groups in total. The lowest BCUT2D eigenvalue weighted by Crippen LogP contribution is -2.19. The molecule has 0 aliphatic carbocycles. The number of hydrogen-bond donors (Lipinski definition) is 2. The normalized spacial score (nSPS) is 11.2. The molecule has 0 aliphatic rings. The first kappa shape index (κ1) is 13.8. The van der Waals surface area contributed by atoms with Crippen LogP contribution in [0.4, 0.5) is 0 Å². The summed E-state index contributed by atoms with van der Waals surface area (Å²) < 4.78 is 0. The minimum Gasteiger partial charge on any atom is -0.507 e. The highest BCUT2D eigenvalue weighted by Crippen LogP contribution is 2.15. The van der Waals surface area contributed by atoms with Crippen LogP contribution in [0.25, 0.3) is 0 Å². The van der Waals surface area contributed by atoms with Crippen LogP contribution in [-0.2, 0) is 0 Å². The number of amides is 1. The van der Waals surface area contributed by atoms with Crippen molar-refractivity contribution in [1.82, 2.24) is 5.43 Å². The number of hydrazone groups is 1. The van der Waals surface area contributed by atoms with E-state index >= 15 is 0 Å². The summed E-state index contributed by atoms with van der Waals surface area (Å²) in [6.45, 7) is 3.82. The van der Waals surface area contributed by atoms with Crippen LogP contribution in [0.2, 0.25) is 0 Å². The molecule has 2 rings (SSSR count). The minimum atomic E-state index is -0.435. The highest BCUT2D eigenvalue weighted by atomic mass is 16.3. The van der Waals surface area contributed by atoms with Gasteiger partial charge in [0.15, 0.2) is 0 Å². The third-order valence-electron chi connectivity index (χ3n) is 2.91. The Labute approximate surface area is 117 Å². The molecule has 0 heterocycles. The summed E-state index contributed by atoms with van der Waals surface area (Å²) in [6, 6.07) is 14.2. The second-order valence-corrected chi connectivity index (χ2v) is 4.52. The average molecular weight is 268 g/mol. The Kier molecular flexibility index (Phi) is 4.15. The smallest absolute Gasteiger partial charge is 0.275 e. The van der Waals surface area contributed by atoms with E-state index in [1.807, 2.05) is 38.1 Å². The van der Waals surface area contributed by atoms with Gasteiger partial charge in [-0.1, -0.05) is 42.0 Å². The SMILES string of the molecule is CC(=NNC(=O)c1ccccc1O)c1cccc(C)c1. The van der Waals surface area contributed by atoms with Crippen molar-refractivity contribution in [3.8, 4) is 5.75 Å². The van der Waals surface area contributed by atoms with Gasteiger partial charge >= 0.3 is 0 Å². The summed E-state index contributed by atoms with van der Waals surface area (Å²) in [6.07, 6.45) is 0. The van der Waals surface area contributed by atoms with E-state index in [-0.39, 0.29) is 11.3 Å². The van der Waals surface area contributed by atoms with Gasteiger partial charge < -0.3 is 5.11 Å². The Balaban J connectivity index is 2.13. The van der Waals surface area contributed by atoms with E-state index in [2.05, 4.69) is 10.5 Å². The molecule has 0 bridgehead atoms. The zero-order valence-electron chi connectivity index (χ0n) is 11.4. The number of nitrogens with one attached hydrogen (secondary N) is 1. The maximum Gasteiger partial charge on any atom is 0.275 e. The molecule has 4 nitrogen and oxygen atoms in total. The van der Waals surface area contributed by atoms with Crippen LogP contribution < -0.4 is 5.43 Å². The van der Waals surface area contributed by atoms with Gasteiger partial charge in [0.05, 0.1) is 11.3 Å². The first-order valence-corrected chi connectivity index (χ1v) is 6.27. The molecule has 2 aromatic rings. The zero-order valence-corrected chi connectivity index (χ0v) is 11.4. The Bertz CT molecular complexity index is 663. The molecule has 0 saturated carbocycles. The van der Waals surface area contributed by atoms with E-state index in [1.165, 1.54) is 6.07 Å². The lowest BCUT2D eigenvalue weighted by molar-refractivity contribution is 0.0952. The molecule has 102 valence electrons. The van der Waals surface area contributed by atoms with Crippen molar-refractivity contribution < 1.29 is 9.90 Å². The lowest BCUT2D eigenvalue weighted by atomic mass is 10.1. The second-order valence-electron chi connectivity index (χ2n) is 4.52. The van der Waals surface area contributed by atoms with Gasteiger partial charge in [0.1, 0.15) is 5.75 Å². The first-order valence-electron chi connectivity index (χ1n) is 6.27. The highest BCUT2D eigenvalue weighted by Gasteiger charge is 2.09. The summed E-state index contributed by atoms with van der Waals surface area (Å²) in [5.74, 6) is -0.497. The van der Waals surface area contributed by atoms with Crippen molar-refractivity contribution in [1.29, 1.82) is 0 Å². The number of phenols is 1. The van der Waals surface area contributed by atoms with E-state index in [9.17, 15) is 9.90 Å². The Morgan fingerprint density at radius 1 is 1.15 bits per heavy atom. The van der Waals surface area contributed by atoms with Gasteiger partial charge in [0.25, 0.3) is 5.91 Å². The van der Waals surface area contributed by atoms with E-state index in [0.29, 0.717) is 5.71 Å². The number of carbonyl (C=O) groups is 1. The third-order valence-corrected chi connectivity index (χ3v) is 2.91. The van der Waals surface area contributed by atoms with Gasteiger partial charge in [0.2, 0.25) is 0 Å². The van der Waals surface area contributed by atoms with Crippen LogP contribution in [0.3, 0.4) is 0 Å². The fourth-order valence-corrected chi connectivity index (χ4v) is 1.80. The molecule has 0 spiro atoms. The predicted molar refractivity (Wildman–Crippen MR) is 79.0 cm³/mol. The van der Waals surface area contributed by atoms with Crippen LogP contribution >= 0.6 is 0 Å². The molecular formula is C16H16N2O2. The quantitative estimate of drug-likeness (QED) is 0.664. The number of aryl methyl sites for hydroxylation is 1. The van der Waals surface area contributed by atoms with Gasteiger partial charge in [-0.2, -0.15) is 5.10 Å². The molecule has 20 heavy (non-hydrogen) atoms. The monoisotopic (exact) mass is 268 g/mol. The Morgan fingerprint density at radius 3 is 2.60 bits per heavy atom. The number of carbonyl (C=O) groups excluding carboxylic acids is 1. The Morgan fingerprint density at radius 2 is 1.90 bits per heavy atom. The van der Waals surface area contributed by atoms with E-state index < -0.39 is 5.91 Å². The molecule has 0 atom stereocenters. The summed E-state index contributed by atoms with van der Waals surface area (Å²) in [5.41, 5.74) is 5.43.